The van der Waals surface area contributed by atoms with Gasteiger partial charge in [-0.25, -0.2) is 4.98 Å². The summed E-state index contributed by atoms with van der Waals surface area (Å²) in [4.78, 5) is 17.6. The quantitative estimate of drug-likeness (QED) is 0.682. The molecule has 0 radical (unpaired) electrons. The highest BCUT2D eigenvalue weighted by molar-refractivity contribution is 7.98. The van der Waals surface area contributed by atoms with Crippen molar-refractivity contribution in [3.05, 3.63) is 39.0 Å². The van der Waals surface area contributed by atoms with Crippen LogP contribution in [-0.2, 0) is 18.7 Å². The highest BCUT2D eigenvalue weighted by Crippen LogP contribution is 2.24. The molecule has 0 spiro atoms. The minimum absolute atomic E-state index is 0.00979. The fourth-order valence-electron chi connectivity index (χ4n) is 2.88. The zero-order chi connectivity index (χ0) is 15.8. The maximum absolute atomic E-state index is 12.2. The molecule has 23 heavy (non-hydrogen) atoms. The average Bonchev–Trinajstić information content (AvgIpc) is 3.01. The number of thioether (sulfide) groups is 1. The van der Waals surface area contributed by atoms with Crippen molar-refractivity contribution in [1.29, 1.82) is 0 Å². The molecule has 4 rings (SSSR count). The zero-order valence-corrected chi connectivity index (χ0v) is 14.5. The molecule has 0 atom stereocenters. The third kappa shape index (κ3) is 2.81. The third-order valence-electron chi connectivity index (χ3n) is 4.05. The standard InChI is InChI=1S/C15H17N5OS2/c1-10-8-22-14-16-11(7-13(21)20(10)14)9-23-15-18-17-12-5-3-2-4-6-19(12)15/h7-8H,2-6,9H2,1H3. The van der Waals surface area contributed by atoms with Crippen LogP contribution in [0.1, 0.15) is 36.5 Å². The summed E-state index contributed by atoms with van der Waals surface area (Å²) in [6.45, 7) is 2.91. The van der Waals surface area contributed by atoms with E-state index in [1.54, 1.807) is 22.2 Å². The number of hydrogen-bond acceptors (Lipinski definition) is 6. The molecule has 3 aromatic heterocycles. The Bertz CT molecular complexity index is 910. The number of nitrogens with zero attached hydrogens (tertiary/aromatic N) is 5. The molecule has 0 fully saturated rings. The van der Waals surface area contributed by atoms with Gasteiger partial charge in [-0.2, -0.15) is 0 Å². The molecule has 120 valence electrons. The van der Waals surface area contributed by atoms with E-state index in [-0.39, 0.29) is 5.56 Å². The Balaban J connectivity index is 1.58. The molecule has 0 N–H and O–H groups in total. The third-order valence-corrected chi connectivity index (χ3v) is 6.00. The Morgan fingerprint density at radius 3 is 3.13 bits per heavy atom. The fourth-order valence-corrected chi connectivity index (χ4v) is 4.65. The largest absolute Gasteiger partial charge is 0.306 e. The van der Waals surface area contributed by atoms with E-state index in [0.717, 1.165) is 40.3 Å². The van der Waals surface area contributed by atoms with Crippen molar-refractivity contribution >= 4 is 28.1 Å². The van der Waals surface area contributed by atoms with E-state index in [1.165, 1.54) is 30.6 Å². The van der Waals surface area contributed by atoms with Gasteiger partial charge in [0.2, 0.25) is 0 Å². The molecular weight excluding hydrogens is 330 g/mol. The van der Waals surface area contributed by atoms with Crippen molar-refractivity contribution in [2.24, 2.45) is 0 Å². The molecule has 1 aliphatic rings. The molecule has 0 unspecified atom stereocenters. The van der Waals surface area contributed by atoms with Crippen LogP contribution in [0.25, 0.3) is 4.96 Å². The predicted octanol–water partition coefficient (Wildman–Crippen LogP) is 2.67. The number of hydrogen-bond donors (Lipinski definition) is 0. The molecular formula is C15H17N5OS2. The van der Waals surface area contributed by atoms with Crippen molar-refractivity contribution in [2.75, 3.05) is 0 Å². The lowest BCUT2D eigenvalue weighted by atomic mass is 10.2. The number of fused-ring (bicyclic) bond motifs is 2. The lowest BCUT2D eigenvalue weighted by Gasteiger charge is -2.06. The number of rotatable bonds is 3. The molecule has 6 nitrogen and oxygen atoms in total. The molecule has 0 bridgehead atoms. The Hall–Kier alpha value is -1.67. The normalized spacial score (nSPS) is 14.8. The molecule has 0 aromatic carbocycles. The van der Waals surface area contributed by atoms with E-state index < -0.39 is 0 Å². The predicted molar refractivity (Wildman–Crippen MR) is 91.2 cm³/mol. The van der Waals surface area contributed by atoms with Crippen LogP contribution >= 0.6 is 23.1 Å². The van der Waals surface area contributed by atoms with Gasteiger partial charge in [-0.05, 0) is 19.8 Å². The van der Waals surface area contributed by atoms with Gasteiger partial charge in [0.1, 0.15) is 5.82 Å². The van der Waals surface area contributed by atoms with E-state index in [0.29, 0.717) is 5.75 Å². The summed E-state index contributed by atoms with van der Waals surface area (Å²) in [5.41, 5.74) is 1.72. The van der Waals surface area contributed by atoms with Crippen LogP contribution in [-0.4, -0.2) is 24.1 Å². The first-order valence-corrected chi connectivity index (χ1v) is 9.60. The van der Waals surface area contributed by atoms with Gasteiger partial charge >= 0.3 is 0 Å². The summed E-state index contributed by atoms with van der Waals surface area (Å²) in [6, 6.07) is 1.62. The maximum atomic E-state index is 12.2. The molecule has 0 saturated carbocycles. The molecule has 0 aliphatic carbocycles. The SMILES string of the molecule is Cc1csc2nc(CSc3nnc4n3CCCCC4)cc(=O)n12. The lowest BCUT2D eigenvalue weighted by molar-refractivity contribution is 0.591. The Labute approximate surface area is 141 Å². The molecule has 3 aromatic rings. The molecule has 1 aliphatic heterocycles. The molecule has 0 amide bonds. The Morgan fingerprint density at radius 2 is 2.22 bits per heavy atom. The fraction of sp³-hybridized carbons (Fsp3) is 0.467. The molecule has 0 saturated heterocycles. The monoisotopic (exact) mass is 347 g/mol. The highest BCUT2D eigenvalue weighted by Gasteiger charge is 2.15. The summed E-state index contributed by atoms with van der Waals surface area (Å²) < 4.78 is 3.88. The summed E-state index contributed by atoms with van der Waals surface area (Å²) in [5.74, 6) is 1.73. The van der Waals surface area contributed by atoms with Gasteiger partial charge in [0.25, 0.3) is 5.56 Å². The summed E-state index contributed by atoms with van der Waals surface area (Å²) in [7, 11) is 0. The van der Waals surface area contributed by atoms with Crippen LogP contribution in [0.5, 0.6) is 0 Å². The van der Waals surface area contributed by atoms with Gasteiger partial charge in [0, 0.05) is 35.9 Å². The van der Waals surface area contributed by atoms with Crippen LogP contribution in [0.4, 0.5) is 0 Å². The van der Waals surface area contributed by atoms with Crippen molar-refractivity contribution < 1.29 is 0 Å². The second kappa shape index (κ2) is 6.09. The highest BCUT2D eigenvalue weighted by atomic mass is 32.2. The second-order valence-electron chi connectivity index (χ2n) is 5.73. The summed E-state index contributed by atoms with van der Waals surface area (Å²) >= 11 is 3.11. The molecule has 8 heteroatoms. The van der Waals surface area contributed by atoms with E-state index in [9.17, 15) is 4.79 Å². The van der Waals surface area contributed by atoms with Crippen molar-refractivity contribution in [3.63, 3.8) is 0 Å². The topological polar surface area (TPSA) is 65.1 Å². The van der Waals surface area contributed by atoms with Crippen molar-refractivity contribution in [2.45, 2.75) is 50.1 Å². The number of aryl methyl sites for hydroxylation is 2. The van der Waals surface area contributed by atoms with E-state index in [1.807, 2.05) is 12.3 Å². The van der Waals surface area contributed by atoms with Crippen LogP contribution in [0, 0.1) is 6.92 Å². The summed E-state index contributed by atoms with van der Waals surface area (Å²) in [6.07, 6.45) is 4.63. The van der Waals surface area contributed by atoms with Crippen molar-refractivity contribution in [3.8, 4) is 0 Å². The zero-order valence-electron chi connectivity index (χ0n) is 12.9. The first-order valence-electron chi connectivity index (χ1n) is 7.74. The first kappa shape index (κ1) is 14.9. The lowest BCUT2D eigenvalue weighted by Crippen LogP contribution is -2.14. The minimum atomic E-state index is -0.00979. The minimum Gasteiger partial charge on any atom is -0.306 e. The van der Waals surface area contributed by atoms with Crippen LogP contribution in [0.2, 0.25) is 0 Å². The number of thiazole rings is 1. The Kier molecular flexibility index (Phi) is 3.94. The van der Waals surface area contributed by atoms with E-state index >= 15 is 0 Å². The number of aromatic nitrogens is 5. The van der Waals surface area contributed by atoms with Crippen LogP contribution < -0.4 is 5.56 Å². The van der Waals surface area contributed by atoms with Gasteiger partial charge < -0.3 is 4.57 Å². The summed E-state index contributed by atoms with van der Waals surface area (Å²) in [5, 5.41) is 11.5. The van der Waals surface area contributed by atoms with E-state index in [2.05, 4.69) is 19.7 Å². The van der Waals surface area contributed by atoms with Crippen LogP contribution in [0.15, 0.2) is 21.4 Å². The smallest absolute Gasteiger partial charge is 0.258 e. The van der Waals surface area contributed by atoms with Gasteiger partial charge in [-0.1, -0.05) is 18.2 Å². The second-order valence-corrected chi connectivity index (χ2v) is 7.51. The van der Waals surface area contributed by atoms with Gasteiger partial charge in [0.05, 0.1) is 5.69 Å². The van der Waals surface area contributed by atoms with Crippen molar-refractivity contribution in [1.82, 2.24) is 24.1 Å². The van der Waals surface area contributed by atoms with E-state index in [4.69, 9.17) is 0 Å². The Morgan fingerprint density at radius 1 is 1.30 bits per heavy atom. The van der Waals surface area contributed by atoms with Gasteiger partial charge in [-0.3, -0.25) is 9.20 Å². The van der Waals surface area contributed by atoms with Gasteiger partial charge in [0.15, 0.2) is 10.1 Å². The maximum Gasteiger partial charge on any atom is 0.258 e. The van der Waals surface area contributed by atoms with Crippen LogP contribution in [0.3, 0.4) is 0 Å². The first-order chi connectivity index (χ1) is 11.2. The van der Waals surface area contributed by atoms with Gasteiger partial charge in [-0.15, -0.1) is 21.5 Å². The average molecular weight is 347 g/mol. The molecule has 4 heterocycles.